The first-order valence-corrected chi connectivity index (χ1v) is 12.5. The Morgan fingerprint density at radius 2 is 1.77 bits per heavy atom. The maximum atomic E-state index is 13.6. The second-order valence-corrected chi connectivity index (χ2v) is 9.58. The molecule has 1 amide bonds. The van der Waals surface area contributed by atoms with Crippen LogP contribution in [0.15, 0.2) is 71.4 Å². The highest BCUT2D eigenvalue weighted by molar-refractivity contribution is 5.92. The maximum absolute atomic E-state index is 13.6. The highest BCUT2D eigenvalue weighted by Crippen LogP contribution is 2.39. The number of aromatic nitrogens is 2. The fourth-order valence-corrected chi connectivity index (χ4v) is 5.60. The van der Waals surface area contributed by atoms with Gasteiger partial charge in [-0.3, -0.25) is 4.79 Å². The molecular weight excluding hydrogens is 441 g/mol. The van der Waals surface area contributed by atoms with E-state index >= 15 is 0 Å². The first-order valence-electron chi connectivity index (χ1n) is 12.5. The number of nitrogens with zero attached hydrogens (tertiary/aromatic N) is 2. The molecule has 1 atom stereocenters. The summed E-state index contributed by atoms with van der Waals surface area (Å²) in [5.41, 5.74) is 4.88. The van der Waals surface area contributed by atoms with Gasteiger partial charge in [0.15, 0.2) is 11.5 Å². The van der Waals surface area contributed by atoms with E-state index in [0.717, 1.165) is 49.1 Å². The second-order valence-electron chi connectivity index (χ2n) is 9.58. The molecule has 1 saturated carbocycles. The smallest absolute Gasteiger partial charge is 0.287 e. The van der Waals surface area contributed by atoms with Crippen molar-refractivity contribution < 1.29 is 13.6 Å². The van der Waals surface area contributed by atoms with E-state index in [-0.39, 0.29) is 23.5 Å². The molecule has 35 heavy (non-hydrogen) atoms. The number of aryl methyl sites for hydroxylation is 1. The lowest BCUT2D eigenvalue weighted by molar-refractivity contribution is 0.0905. The number of amides is 1. The number of carbonyl (C=O) groups is 1. The molecule has 0 saturated heterocycles. The third-order valence-corrected chi connectivity index (χ3v) is 7.37. The van der Waals surface area contributed by atoms with Crippen molar-refractivity contribution in [2.45, 2.75) is 57.0 Å². The van der Waals surface area contributed by atoms with Crippen LogP contribution in [0.2, 0.25) is 0 Å². The maximum Gasteiger partial charge on any atom is 0.287 e. The van der Waals surface area contributed by atoms with Crippen LogP contribution in [0.5, 0.6) is 0 Å². The number of carbonyl (C=O) groups excluding carboxylic acids is 1. The van der Waals surface area contributed by atoms with Crippen LogP contribution >= 0.6 is 0 Å². The van der Waals surface area contributed by atoms with Crippen molar-refractivity contribution >= 4 is 5.91 Å². The summed E-state index contributed by atoms with van der Waals surface area (Å²) in [5.74, 6) is 0.384. The van der Waals surface area contributed by atoms with Gasteiger partial charge in [0.05, 0.1) is 18.1 Å². The lowest BCUT2D eigenvalue weighted by atomic mass is 9.88. The summed E-state index contributed by atoms with van der Waals surface area (Å²) in [6.07, 6.45) is 9.40. The van der Waals surface area contributed by atoms with E-state index in [2.05, 4.69) is 27.0 Å². The number of fused-ring (bicyclic) bond motifs is 1. The molecule has 6 heteroatoms. The summed E-state index contributed by atoms with van der Waals surface area (Å²) in [6, 6.07) is 18.6. The summed E-state index contributed by atoms with van der Waals surface area (Å²) < 4.78 is 21.9. The molecule has 2 heterocycles. The van der Waals surface area contributed by atoms with Gasteiger partial charge in [0.25, 0.3) is 5.91 Å². The monoisotopic (exact) mass is 469 g/mol. The number of nitrogens with one attached hydrogen (secondary N) is 1. The molecule has 1 unspecified atom stereocenters. The van der Waals surface area contributed by atoms with Crippen LogP contribution < -0.4 is 5.32 Å². The minimum absolute atomic E-state index is 0.0141. The van der Waals surface area contributed by atoms with Gasteiger partial charge in [0.1, 0.15) is 11.5 Å². The highest BCUT2D eigenvalue weighted by atomic mass is 19.1. The van der Waals surface area contributed by atoms with Crippen LogP contribution in [0, 0.1) is 5.82 Å². The van der Waals surface area contributed by atoms with E-state index in [0.29, 0.717) is 11.8 Å². The van der Waals surface area contributed by atoms with Gasteiger partial charge in [0, 0.05) is 11.6 Å². The summed E-state index contributed by atoms with van der Waals surface area (Å²) in [5, 5.41) is 3.18. The van der Waals surface area contributed by atoms with Gasteiger partial charge in [-0.05, 0) is 79.6 Å². The Labute approximate surface area is 204 Å². The summed E-state index contributed by atoms with van der Waals surface area (Å²) in [7, 11) is 0. The third-order valence-electron chi connectivity index (χ3n) is 7.37. The minimum Gasteiger partial charge on any atom is -0.449 e. The van der Waals surface area contributed by atoms with Gasteiger partial charge in [0.2, 0.25) is 0 Å². The fraction of sp³-hybridized carbons (Fsp3) is 0.310. The molecule has 2 aromatic heterocycles. The van der Waals surface area contributed by atoms with Gasteiger partial charge in [-0.1, -0.05) is 37.1 Å². The van der Waals surface area contributed by atoms with Crippen LogP contribution in [-0.2, 0) is 6.42 Å². The Kier molecular flexibility index (Phi) is 5.72. The average molecular weight is 470 g/mol. The van der Waals surface area contributed by atoms with E-state index < -0.39 is 0 Å². The number of hydrogen-bond donors (Lipinski definition) is 1. The van der Waals surface area contributed by atoms with Gasteiger partial charge in [-0.2, -0.15) is 0 Å². The van der Waals surface area contributed by atoms with Gasteiger partial charge in [-0.25, -0.2) is 9.37 Å². The molecule has 1 fully saturated rings. The standard InChI is InChI=1S/C29H28FN3O2/c30-21-14-12-20(13-15-21)27-28(33(18-31-27)22-8-2-3-9-22)25-16-17-26(35-25)29(34)32-24-11-5-7-19-6-1-4-10-23(19)24/h1,4,6,10,12-18,22,24H,2-3,5,7-9,11H2,(H,32,34). The Morgan fingerprint density at radius 1 is 0.971 bits per heavy atom. The molecule has 2 aliphatic rings. The molecule has 2 aromatic carbocycles. The van der Waals surface area contributed by atoms with E-state index in [1.807, 2.05) is 24.5 Å². The van der Waals surface area contributed by atoms with Crippen molar-refractivity contribution in [1.82, 2.24) is 14.9 Å². The molecule has 6 rings (SSSR count). The largest absolute Gasteiger partial charge is 0.449 e. The molecule has 2 aliphatic carbocycles. The predicted octanol–water partition coefficient (Wildman–Crippen LogP) is 6.87. The minimum atomic E-state index is -0.285. The zero-order valence-electron chi connectivity index (χ0n) is 19.5. The normalized spacial score (nSPS) is 17.9. The third kappa shape index (κ3) is 4.18. The molecule has 0 radical (unpaired) electrons. The highest BCUT2D eigenvalue weighted by Gasteiger charge is 2.27. The number of benzene rings is 2. The lowest BCUT2D eigenvalue weighted by Gasteiger charge is -2.26. The number of halogens is 1. The average Bonchev–Trinajstić information content (AvgIpc) is 3.65. The van der Waals surface area contributed by atoms with Crippen molar-refractivity contribution in [2.75, 3.05) is 0 Å². The molecule has 0 bridgehead atoms. The van der Waals surface area contributed by atoms with Gasteiger partial charge >= 0.3 is 0 Å². The first kappa shape index (κ1) is 21.8. The molecule has 178 valence electrons. The Morgan fingerprint density at radius 3 is 2.60 bits per heavy atom. The van der Waals surface area contributed by atoms with Crippen molar-refractivity contribution in [3.63, 3.8) is 0 Å². The van der Waals surface area contributed by atoms with Crippen LogP contribution in [0.4, 0.5) is 4.39 Å². The number of imidazole rings is 1. The first-order chi connectivity index (χ1) is 17.2. The topological polar surface area (TPSA) is 60.1 Å². The van der Waals surface area contributed by atoms with Gasteiger partial charge in [-0.15, -0.1) is 0 Å². The van der Waals surface area contributed by atoms with E-state index in [1.54, 1.807) is 18.2 Å². The van der Waals surface area contributed by atoms with Crippen molar-refractivity contribution in [3.8, 4) is 22.7 Å². The molecule has 0 aliphatic heterocycles. The summed E-state index contributed by atoms with van der Waals surface area (Å²) in [6.45, 7) is 0. The molecular formula is C29H28FN3O2. The van der Waals surface area contributed by atoms with E-state index in [9.17, 15) is 9.18 Å². The predicted molar refractivity (Wildman–Crippen MR) is 132 cm³/mol. The Balaban J connectivity index is 1.32. The van der Waals surface area contributed by atoms with Crippen LogP contribution in [0.1, 0.15) is 72.3 Å². The van der Waals surface area contributed by atoms with Crippen molar-refractivity contribution in [2.24, 2.45) is 0 Å². The Hall–Kier alpha value is -3.67. The van der Waals surface area contributed by atoms with Crippen LogP contribution in [-0.4, -0.2) is 15.5 Å². The quantitative estimate of drug-likeness (QED) is 0.347. The molecule has 5 nitrogen and oxygen atoms in total. The summed E-state index contributed by atoms with van der Waals surface area (Å²) in [4.78, 5) is 17.9. The van der Waals surface area contributed by atoms with Crippen molar-refractivity contribution in [1.29, 1.82) is 0 Å². The fourth-order valence-electron chi connectivity index (χ4n) is 5.60. The number of furan rings is 1. The number of rotatable bonds is 5. The Bertz CT molecular complexity index is 1350. The number of hydrogen-bond acceptors (Lipinski definition) is 3. The van der Waals surface area contributed by atoms with Crippen LogP contribution in [0.25, 0.3) is 22.7 Å². The molecule has 1 N–H and O–H groups in total. The van der Waals surface area contributed by atoms with Crippen LogP contribution in [0.3, 0.4) is 0 Å². The zero-order valence-corrected chi connectivity index (χ0v) is 19.5. The molecule has 0 spiro atoms. The lowest BCUT2D eigenvalue weighted by Crippen LogP contribution is -2.30. The second kappa shape index (κ2) is 9.17. The summed E-state index contributed by atoms with van der Waals surface area (Å²) >= 11 is 0. The van der Waals surface area contributed by atoms with E-state index in [1.165, 1.54) is 36.1 Å². The van der Waals surface area contributed by atoms with Gasteiger partial charge < -0.3 is 14.3 Å². The zero-order chi connectivity index (χ0) is 23.8. The van der Waals surface area contributed by atoms with E-state index in [4.69, 9.17) is 4.42 Å². The SMILES string of the molecule is O=C(NC1CCCc2ccccc21)c1ccc(-c2c(-c3ccc(F)cc3)ncn2C2CCCC2)o1. The molecule has 4 aromatic rings. The van der Waals surface area contributed by atoms with Crippen molar-refractivity contribution in [3.05, 3.63) is 89.7 Å².